The largest absolute Gasteiger partial charge is 0.495 e. The molecule has 3 N–H and O–H groups in total. The van der Waals surface area contributed by atoms with E-state index >= 15 is 0 Å². The fourth-order valence-corrected chi connectivity index (χ4v) is 4.55. The van der Waals surface area contributed by atoms with Crippen LogP contribution in [0.1, 0.15) is 5.69 Å². The van der Waals surface area contributed by atoms with Gasteiger partial charge in [0, 0.05) is 6.07 Å². The Morgan fingerprint density at radius 3 is 2.48 bits per heavy atom. The lowest BCUT2D eigenvalue weighted by Gasteiger charge is -2.13. The highest BCUT2D eigenvalue weighted by atomic mass is 32.2. The Morgan fingerprint density at radius 2 is 1.93 bits per heavy atom. The molecule has 2 heterocycles. The number of rotatable bonds is 6. The van der Waals surface area contributed by atoms with Crippen molar-refractivity contribution in [1.29, 1.82) is 0 Å². The number of aromatic nitrogens is 2. The number of ether oxygens (including phenoxy) is 2. The van der Waals surface area contributed by atoms with E-state index in [0.717, 1.165) is 10.6 Å². The molecule has 0 saturated heterocycles. The lowest BCUT2D eigenvalue weighted by atomic mass is 10.1. The van der Waals surface area contributed by atoms with Gasteiger partial charge in [-0.3, -0.25) is 4.72 Å². The first-order valence-electron chi connectivity index (χ1n) is 7.78. The Labute approximate surface area is 161 Å². The molecule has 0 saturated carbocycles. The predicted molar refractivity (Wildman–Crippen MR) is 105 cm³/mol. The second-order valence-electron chi connectivity index (χ2n) is 5.53. The number of nitrogen functional groups attached to an aromatic ring is 1. The van der Waals surface area contributed by atoms with Gasteiger partial charge in [-0.1, -0.05) is 11.3 Å². The molecule has 0 amide bonds. The van der Waals surface area contributed by atoms with E-state index in [2.05, 4.69) is 14.7 Å². The molecule has 2 aromatic heterocycles. The van der Waals surface area contributed by atoms with E-state index in [1.165, 1.54) is 37.8 Å². The van der Waals surface area contributed by atoms with Gasteiger partial charge in [0.1, 0.15) is 10.6 Å². The van der Waals surface area contributed by atoms with E-state index in [4.69, 9.17) is 15.2 Å². The third-order valence-corrected chi connectivity index (χ3v) is 6.16. The number of nitrogens with two attached hydrogens (primary N) is 1. The molecule has 0 bridgehead atoms. The second kappa shape index (κ2) is 7.41. The summed E-state index contributed by atoms with van der Waals surface area (Å²) in [5, 5.41) is 0.421. The summed E-state index contributed by atoms with van der Waals surface area (Å²) in [5.74, 6) is 0.610. The zero-order chi connectivity index (χ0) is 19.6. The van der Waals surface area contributed by atoms with Crippen molar-refractivity contribution in [3.05, 3.63) is 42.2 Å². The maximum absolute atomic E-state index is 12.9. The molecule has 1 aromatic carbocycles. The van der Waals surface area contributed by atoms with Crippen LogP contribution >= 0.6 is 11.3 Å². The molecule has 0 atom stereocenters. The number of aryl methyl sites for hydroxylation is 1. The van der Waals surface area contributed by atoms with Crippen LogP contribution in [0, 0.1) is 6.92 Å². The van der Waals surface area contributed by atoms with E-state index in [0.29, 0.717) is 22.3 Å². The molecule has 8 nitrogen and oxygen atoms in total. The van der Waals surface area contributed by atoms with Gasteiger partial charge in [-0.05, 0) is 36.8 Å². The van der Waals surface area contributed by atoms with Crippen LogP contribution in [0.15, 0.2) is 41.4 Å². The molecule has 0 aliphatic heterocycles. The van der Waals surface area contributed by atoms with E-state index in [9.17, 15) is 8.42 Å². The number of hydrogen-bond acceptors (Lipinski definition) is 8. The van der Waals surface area contributed by atoms with Gasteiger partial charge in [0.15, 0.2) is 5.13 Å². The Morgan fingerprint density at radius 1 is 1.15 bits per heavy atom. The summed E-state index contributed by atoms with van der Waals surface area (Å²) in [6.07, 6.45) is 1.38. The number of sulfonamides is 1. The van der Waals surface area contributed by atoms with Crippen LogP contribution in [0.4, 0.5) is 10.8 Å². The molecule has 27 heavy (non-hydrogen) atoms. The Kier molecular flexibility index (Phi) is 5.19. The fraction of sp³-hybridized carbons (Fsp3) is 0.176. The first-order valence-corrected chi connectivity index (χ1v) is 10.1. The molecule has 0 radical (unpaired) electrons. The summed E-state index contributed by atoms with van der Waals surface area (Å²) < 4.78 is 38.6. The van der Waals surface area contributed by atoms with E-state index < -0.39 is 10.0 Å². The van der Waals surface area contributed by atoms with Crippen molar-refractivity contribution >= 4 is 32.2 Å². The fourth-order valence-electron chi connectivity index (χ4n) is 2.48. The minimum Gasteiger partial charge on any atom is -0.495 e. The van der Waals surface area contributed by atoms with Crippen molar-refractivity contribution in [2.24, 2.45) is 0 Å². The number of benzene rings is 1. The van der Waals surface area contributed by atoms with Crippen LogP contribution in [0.5, 0.6) is 11.6 Å². The van der Waals surface area contributed by atoms with E-state index in [-0.39, 0.29) is 10.6 Å². The quantitative estimate of drug-likeness (QED) is 0.646. The van der Waals surface area contributed by atoms with Crippen LogP contribution in [-0.2, 0) is 10.0 Å². The summed E-state index contributed by atoms with van der Waals surface area (Å²) in [5.41, 5.74) is 7.49. The zero-order valence-corrected chi connectivity index (χ0v) is 16.5. The van der Waals surface area contributed by atoms with Crippen molar-refractivity contribution in [1.82, 2.24) is 9.97 Å². The van der Waals surface area contributed by atoms with Crippen molar-refractivity contribution in [3.8, 4) is 22.1 Å². The summed E-state index contributed by atoms with van der Waals surface area (Å²) >= 11 is 1.30. The van der Waals surface area contributed by atoms with Gasteiger partial charge in [-0.2, -0.15) is 0 Å². The molecule has 0 aliphatic rings. The maximum Gasteiger partial charge on any atom is 0.265 e. The Bertz CT molecular complexity index is 1060. The summed E-state index contributed by atoms with van der Waals surface area (Å²) in [4.78, 5) is 8.99. The summed E-state index contributed by atoms with van der Waals surface area (Å²) in [6, 6.07) is 8.04. The molecule has 0 unspecified atom stereocenters. The zero-order valence-electron chi connectivity index (χ0n) is 14.9. The van der Waals surface area contributed by atoms with Crippen molar-refractivity contribution in [3.63, 3.8) is 0 Å². The number of nitrogens with one attached hydrogen (secondary N) is 1. The van der Waals surface area contributed by atoms with Crippen LogP contribution in [0.25, 0.3) is 10.4 Å². The standard InChI is InChI=1S/C17H18N4O4S2/c1-10-16(26-17(18)20-10)11-4-6-13(24-2)14(8-11)27(22,23)21-12-5-7-15(25-3)19-9-12/h4-9,21H,1-3H3,(H2,18,20). The van der Waals surface area contributed by atoms with Crippen molar-refractivity contribution in [2.75, 3.05) is 24.7 Å². The third kappa shape index (κ3) is 3.96. The maximum atomic E-state index is 12.9. The van der Waals surface area contributed by atoms with Crippen LogP contribution < -0.4 is 19.9 Å². The van der Waals surface area contributed by atoms with E-state index in [1.807, 2.05) is 6.92 Å². The normalized spacial score (nSPS) is 11.2. The minimum absolute atomic E-state index is 0.00434. The van der Waals surface area contributed by atoms with Gasteiger partial charge in [-0.25, -0.2) is 18.4 Å². The molecule has 3 rings (SSSR count). The highest BCUT2D eigenvalue weighted by Gasteiger charge is 2.22. The molecule has 0 aliphatic carbocycles. The van der Waals surface area contributed by atoms with Gasteiger partial charge >= 0.3 is 0 Å². The molecular weight excluding hydrogens is 388 g/mol. The smallest absolute Gasteiger partial charge is 0.265 e. The van der Waals surface area contributed by atoms with Gasteiger partial charge in [0.2, 0.25) is 5.88 Å². The number of thiazole rings is 1. The lowest BCUT2D eigenvalue weighted by molar-refractivity contribution is 0.398. The van der Waals surface area contributed by atoms with Gasteiger partial charge in [0.05, 0.1) is 36.7 Å². The molecule has 10 heteroatoms. The highest BCUT2D eigenvalue weighted by Crippen LogP contribution is 2.36. The molecule has 3 aromatic rings. The monoisotopic (exact) mass is 406 g/mol. The average Bonchev–Trinajstić information content (AvgIpc) is 2.99. The van der Waals surface area contributed by atoms with Gasteiger partial charge in [-0.15, -0.1) is 0 Å². The molecule has 0 fully saturated rings. The SMILES string of the molecule is COc1ccc(NS(=O)(=O)c2cc(-c3sc(N)nc3C)ccc2OC)cn1. The Balaban J connectivity index is 2.02. The van der Waals surface area contributed by atoms with Gasteiger partial charge < -0.3 is 15.2 Å². The second-order valence-corrected chi connectivity index (χ2v) is 8.21. The molecule has 0 spiro atoms. The topological polar surface area (TPSA) is 116 Å². The number of pyridine rings is 1. The van der Waals surface area contributed by atoms with Crippen molar-refractivity contribution in [2.45, 2.75) is 11.8 Å². The minimum atomic E-state index is -3.92. The molecule has 142 valence electrons. The molecular formula is C17H18N4O4S2. The van der Waals surface area contributed by atoms with Crippen LogP contribution in [-0.4, -0.2) is 32.6 Å². The van der Waals surface area contributed by atoms with E-state index in [1.54, 1.807) is 24.3 Å². The number of methoxy groups -OCH3 is 2. The highest BCUT2D eigenvalue weighted by molar-refractivity contribution is 7.92. The van der Waals surface area contributed by atoms with Crippen molar-refractivity contribution < 1.29 is 17.9 Å². The number of anilines is 2. The Hall–Kier alpha value is -2.85. The van der Waals surface area contributed by atoms with Gasteiger partial charge in [0.25, 0.3) is 10.0 Å². The van der Waals surface area contributed by atoms with Crippen LogP contribution in [0.3, 0.4) is 0 Å². The average molecular weight is 406 g/mol. The lowest BCUT2D eigenvalue weighted by Crippen LogP contribution is -2.14. The predicted octanol–water partition coefficient (Wildman–Crippen LogP) is 2.91. The summed E-state index contributed by atoms with van der Waals surface area (Å²) in [6.45, 7) is 1.82. The first-order chi connectivity index (χ1) is 12.8. The number of nitrogens with zero attached hydrogens (tertiary/aromatic N) is 2. The third-order valence-electron chi connectivity index (χ3n) is 3.73. The van der Waals surface area contributed by atoms with Crippen LogP contribution in [0.2, 0.25) is 0 Å². The number of hydrogen-bond donors (Lipinski definition) is 2. The first kappa shape index (κ1) is 18.9. The summed E-state index contributed by atoms with van der Waals surface area (Å²) in [7, 11) is -1.02.